The van der Waals surface area contributed by atoms with Crippen molar-refractivity contribution in [1.82, 2.24) is 0 Å². The van der Waals surface area contributed by atoms with Crippen LogP contribution in [0.25, 0.3) is 0 Å². The van der Waals surface area contributed by atoms with Crippen LogP contribution >= 0.6 is 12.6 Å². The first-order chi connectivity index (χ1) is 9.83. The van der Waals surface area contributed by atoms with Gasteiger partial charge in [-0.2, -0.15) is 0 Å². The third kappa shape index (κ3) is 9.19. The van der Waals surface area contributed by atoms with E-state index in [0.717, 1.165) is 23.7 Å². The zero-order chi connectivity index (χ0) is 14.5. The Morgan fingerprint density at radius 3 is 2.05 bits per heavy atom. The van der Waals surface area contributed by atoms with E-state index in [1.807, 2.05) is 24.3 Å². The molecule has 1 rings (SSSR count). The molecule has 20 heavy (non-hydrogen) atoms. The molecule has 0 saturated heterocycles. The second-order valence-corrected chi connectivity index (χ2v) is 5.98. The molecule has 0 N–H and O–H groups in total. The summed E-state index contributed by atoms with van der Waals surface area (Å²) in [4.78, 5) is 0.852. The van der Waals surface area contributed by atoms with E-state index in [1.165, 1.54) is 57.8 Å². The van der Waals surface area contributed by atoms with Crippen LogP contribution in [0, 0.1) is 0 Å². The van der Waals surface area contributed by atoms with E-state index < -0.39 is 0 Å². The second kappa shape index (κ2) is 12.0. The lowest BCUT2D eigenvalue weighted by Gasteiger charge is -2.06. The van der Waals surface area contributed by atoms with Gasteiger partial charge in [-0.25, -0.2) is 0 Å². The summed E-state index contributed by atoms with van der Waals surface area (Å²) in [6.45, 7) is 3.09. The number of benzene rings is 1. The molecular weight excluding hydrogens is 264 g/mol. The van der Waals surface area contributed by atoms with Crippen LogP contribution in [-0.2, 0) is 0 Å². The van der Waals surface area contributed by atoms with Gasteiger partial charge in [-0.05, 0) is 24.6 Å². The first-order valence-electron chi connectivity index (χ1n) is 8.23. The van der Waals surface area contributed by atoms with Gasteiger partial charge in [-0.3, -0.25) is 0 Å². The van der Waals surface area contributed by atoms with Crippen molar-refractivity contribution >= 4 is 12.6 Å². The molecule has 2 heteroatoms. The number of rotatable bonds is 12. The number of unbranched alkanes of at least 4 members (excludes halogenated alkanes) is 9. The monoisotopic (exact) mass is 293 g/mol. The highest BCUT2D eigenvalue weighted by Gasteiger charge is 1.96. The topological polar surface area (TPSA) is 9.23 Å². The normalized spacial score (nSPS) is 10.7. The summed E-state index contributed by atoms with van der Waals surface area (Å²) in [7, 11) is 0. The first kappa shape index (κ1) is 17.3. The summed E-state index contributed by atoms with van der Waals surface area (Å²) in [5.41, 5.74) is 0. The summed E-state index contributed by atoms with van der Waals surface area (Å²) in [5, 5.41) is 0. The van der Waals surface area contributed by atoms with Crippen LogP contribution in [0.4, 0.5) is 0 Å². The summed E-state index contributed by atoms with van der Waals surface area (Å²) >= 11 is 5.11. The first-order valence-corrected chi connectivity index (χ1v) is 8.63. The molecule has 0 aliphatic carbocycles. The molecule has 0 bridgehead atoms. The molecule has 1 aromatic carbocycles. The molecule has 0 amide bonds. The molecule has 1 nitrogen and oxygen atoms in total. The van der Waals surface area contributed by atoms with Crippen LogP contribution in [0.2, 0.25) is 0 Å². The molecule has 0 fully saturated rings. The highest BCUT2D eigenvalue weighted by molar-refractivity contribution is 7.80. The highest BCUT2D eigenvalue weighted by atomic mass is 32.1. The summed E-state index contributed by atoms with van der Waals surface area (Å²) in [5.74, 6) is 0.911. The summed E-state index contributed by atoms with van der Waals surface area (Å²) in [6.07, 6.45) is 13.6. The maximum atomic E-state index is 5.69. The zero-order valence-corrected chi connectivity index (χ0v) is 13.7. The predicted octanol–water partition coefficient (Wildman–Crippen LogP) is 6.54. The molecule has 0 heterocycles. The maximum absolute atomic E-state index is 5.69. The lowest BCUT2D eigenvalue weighted by atomic mass is 10.1. The Kier molecular flexibility index (Phi) is 10.4. The van der Waals surface area contributed by atoms with Crippen molar-refractivity contribution in [2.24, 2.45) is 0 Å². The average Bonchev–Trinajstić information content (AvgIpc) is 2.45. The Bertz CT molecular complexity index is 338. The molecule has 0 aliphatic rings. The Morgan fingerprint density at radius 1 is 0.850 bits per heavy atom. The number of hydrogen-bond acceptors (Lipinski definition) is 1. The van der Waals surface area contributed by atoms with Crippen LogP contribution in [0.5, 0.6) is 5.75 Å². The van der Waals surface area contributed by atoms with E-state index in [4.69, 9.17) is 17.4 Å². The fourth-order valence-corrected chi connectivity index (χ4v) is 2.54. The lowest BCUT2D eigenvalue weighted by Crippen LogP contribution is -1.97. The van der Waals surface area contributed by atoms with Gasteiger partial charge in [0.2, 0.25) is 0 Å². The predicted molar refractivity (Wildman–Crippen MR) is 89.6 cm³/mol. The van der Waals surface area contributed by atoms with E-state index in [-0.39, 0.29) is 0 Å². The van der Waals surface area contributed by atoms with Crippen molar-refractivity contribution in [2.45, 2.75) is 76.0 Å². The van der Waals surface area contributed by atoms with Crippen molar-refractivity contribution < 1.29 is 4.74 Å². The van der Waals surface area contributed by atoms with Gasteiger partial charge >= 0.3 is 0 Å². The van der Waals surface area contributed by atoms with E-state index in [2.05, 4.69) is 6.92 Å². The van der Waals surface area contributed by atoms with E-state index in [1.54, 1.807) is 0 Å². The van der Waals surface area contributed by atoms with Gasteiger partial charge in [0.05, 0.1) is 6.61 Å². The lowest BCUT2D eigenvalue weighted by molar-refractivity contribution is 0.303. The van der Waals surface area contributed by atoms with E-state index >= 15 is 0 Å². The molecule has 0 aromatic heterocycles. The van der Waals surface area contributed by atoms with Gasteiger partial charge in [0.25, 0.3) is 0 Å². The van der Waals surface area contributed by atoms with Crippen LogP contribution in [-0.4, -0.2) is 6.61 Å². The Morgan fingerprint density at radius 2 is 1.45 bits per heavy atom. The molecule has 0 saturated carbocycles. The quantitative estimate of drug-likeness (QED) is 0.397. The molecule has 0 spiro atoms. The summed E-state index contributed by atoms with van der Waals surface area (Å²) in [6, 6.07) is 7.77. The van der Waals surface area contributed by atoms with Gasteiger partial charge in [-0.1, -0.05) is 83.4 Å². The van der Waals surface area contributed by atoms with Crippen molar-refractivity contribution in [3.05, 3.63) is 24.3 Å². The van der Waals surface area contributed by atoms with Crippen LogP contribution in [0.1, 0.15) is 71.1 Å². The third-order valence-corrected chi connectivity index (χ3v) is 3.83. The molecule has 0 unspecified atom stereocenters. The minimum absolute atomic E-state index is 0.815. The Hall–Kier alpha value is -0.760. The third-order valence-electron chi connectivity index (χ3n) is 3.57. The van der Waals surface area contributed by atoms with Crippen LogP contribution < -0.4 is 4.74 Å². The van der Waals surface area contributed by atoms with Crippen molar-refractivity contribution in [3.63, 3.8) is 0 Å². The highest BCUT2D eigenvalue weighted by Crippen LogP contribution is 2.16. The largest absolute Gasteiger partial charge is 0.494 e. The van der Waals surface area contributed by atoms with Gasteiger partial charge in [0.15, 0.2) is 0 Å². The summed E-state index contributed by atoms with van der Waals surface area (Å²) < 4.78 is 5.69. The van der Waals surface area contributed by atoms with Crippen LogP contribution in [0.15, 0.2) is 29.2 Å². The average molecular weight is 293 g/mol. The Labute approximate surface area is 130 Å². The molecule has 1 aromatic rings. The molecule has 1 radical (unpaired) electrons. The number of hydrogen-bond donors (Lipinski definition) is 0. The standard InChI is InChI=1S/C18H29OS/c1-2-3-4-5-6-7-8-9-10-11-15-19-17-13-12-14-18(20)16-17/h12-14,16H,2-11,15H2,1H3. The smallest absolute Gasteiger partial charge is 0.120 e. The Balaban J connectivity index is 1.85. The molecule has 0 aliphatic heterocycles. The molecule has 113 valence electrons. The van der Waals surface area contributed by atoms with Crippen molar-refractivity contribution in [2.75, 3.05) is 6.61 Å². The minimum Gasteiger partial charge on any atom is -0.494 e. The van der Waals surface area contributed by atoms with Crippen molar-refractivity contribution in [1.29, 1.82) is 0 Å². The fraction of sp³-hybridized carbons (Fsp3) is 0.667. The van der Waals surface area contributed by atoms with Crippen molar-refractivity contribution in [3.8, 4) is 5.75 Å². The SMILES string of the molecule is CCCCCCCCCCCCOc1cccc([S])c1. The van der Waals surface area contributed by atoms with Gasteiger partial charge in [-0.15, -0.1) is 0 Å². The maximum Gasteiger partial charge on any atom is 0.120 e. The minimum atomic E-state index is 0.815. The van der Waals surface area contributed by atoms with Gasteiger partial charge < -0.3 is 4.74 Å². The van der Waals surface area contributed by atoms with E-state index in [0.29, 0.717) is 0 Å². The molecular formula is C18H29OS. The molecule has 0 atom stereocenters. The van der Waals surface area contributed by atoms with Gasteiger partial charge in [0, 0.05) is 4.90 Å². The van der Waals surface area contributed by atoms with E-state index in [9.17, 15) is 0 Å². The second-order valence-electron chi connectivity index (χ2n) is 5.51. The van der Waals surface area contributed by atoms with Gasteiger partial charge in [0.1, 0.15) is 5.75 Å². The fourth-order valence-electron chi connectivity index (χ4n) is 2.34. The zero-order valence-electron chi connectivity index (χ0n) is 12.9. The van der Waals surface area contributed by atoms with Crippen LogP contribution in [0.3, 0.4) is 0 Å². The number of ether oxygens (including phenoxy) is 1.